The van der Waals surface area contributed by atoms with E-state index in [1.54, 1.807) is 4.90 Å². The van der Waals surface area contributed by atoms with Crippen molar-refractivity contribution in [3.63, 3.8) is 0 Å². The maximum atomic E-state index is 12.4. The van der Waals surface area contributed by atoms with Gasteiger partial charge in [0.15, 0.2) is 0 Å². The van der Waals surface area contributed by atoms with Gasteiger partial charge in [0.25, 0.3) is 5.91 Å². The Kier molecular flexibility index (Phi) is 4.73. The molecule has 2 aliphatic rings. The van der Waals surface area contributed by atoms with Gasteiger partial charge >= 0.3 is 6.18 Å². The Morgan fingerprint density at radius 1 is 1.16 bits per heavy atom. The van der Waals surface area contributed by atoms with Crippen molar-refractivity contribution in [3.8, 4) is 0 Å². The van der Waals surface area contributed by atoms with E-state index in [1.165, 1.54) is 4.90 Å². The normalized spacial score (nSPS) is 20.8. The second-order valence-corrected chi connectivity index (χ2v) is 6.46. The van der Waals surface area contributed by atoms with Crippen LogP contribution in [-0.2, 0) is 14.3 Å². The number of anilines is 1. The number of rotatable bonds is 2. The molecule has 136 valence electrons. The van der Waals surface area contributed by atoms with Crippen LogP contribution in [0.2, 0.25) is 0 Å². The fourth-order valence-electron chi connectivity index (χ4n) is 3.31. The fourth-order valence-corrected chi connectivity index (χ4v) is 3.31. The van der Waals surface area contributed by atoms with Crippen LogP contribution >= 0.6 is 0 Å². The molecule has 0 aliphatic carbocycles. The number of likely N-dealkylation sites (tertiary alicyclic amines) is 1. The lowest BCUT2D eigenvalue weighted by molar-refractivity contribution is -0.167. The van der Waals surface area contributed by atoms with E-state index in [-0.39, 0.29) is 25.6 Å². The van der Waals surface area contributed by atoms with Gasteiger partial charge in [0.05, 0.1) is 12.1 Å². The molecule has 3 rings (SSSR count). The SMILES string of the molecule is O=C(CC(F)(F)F)N1CCC2(CC1)CN(c1ccccc1)C(=O)CO2. The van der Waals surface area contributed by atoms with Gasteiger partial charge in [-0.25, -0.2) is 0 Å². The van der Waals surface area contributed by atoms with Gasteiger partial charge < -0.3 is 14.5 Å². The Bertz CT molecular complexity index is 640. The molecule has 0 unspecified atom stereocenters. The molecular formula is C17H19F3N2O3. The highest BCUT2D eigenvalue weighted by atomic mass is 19.4. The third-order valence-corrected chi connectivity index (χ3v) is 4.70. The van der Waals surface area contributed by atoms with Gasteiger partial charge in [0, 0.05) is 18.8 Å². The summed E-state index contributed by atoms with van der Waals surface area (Å²) in [5.74, 6) is -1.05. The molecule has 2 amide bonds. The summed E-state index contributed by atoms with van der Waals surface area (Å²) in [5.41, 5.74) is 0.157. The van der Waals surface area contributed by atoms with E-state index in [0.29, 0.717) is 19.4 Å². The Morgan fingerprint density at radius 2 is 1.80 bits per heavy atom. The van der Waals surface area contributed by atoms with E-state index in [0.717, 1.165) is 5.69 Å². The summed E-state index contributed by atoms with van der Waals surface area (Å²) in [6, 6.07) is 9.19. The maximum Gasteiger partial charge on any atom is 0.397 e. The van der Waals surface area contributed by atoms with E-state index < -0.39 is 24.1 Å². The highest BCUT2D eigenvalue weighted by Gasteiger charge is 2.44. The van der Waals surface area contributed by atoms with Crippen molar-refractivity contribution >= 4 is 17.5 Å². The number of benzene rings is 1. The summed E-state index contributed by atoms with van der Waals surface area (Å²) in [5, 5.41) is 0. The predicted octanol–water partition coefficient (Wildman–Crippen LogP) is 2.36. The lowest BCUT2D eigenvalue weighted by atomic mass is 9.89. The summed E-state index contributed by atoms with van der Waals surface area (Å²) in [4.78, 5) is 26.8. The molecule has 0 atom stereocenters. The minimum absolute atomic E-state index is 0.0641. The first kappa shape index (κ1) is 17.7. The number of para-hydroxylation sites is 1. The van der Waals surface area contributed by atoms with E-state index in [9.17, 15) is 22.8 Å². The van der Waals surface area contributed by atoms with Crippen molar-refractivity contribution in [1.29, 1.82) is 0 Å². The molecule has 1 spiro atoms. The Labute approximate surface area is 143 Å². The molecule has 2 fully saturated rings. The van der Waals surface area contributed by atoms with Gasteiger partial charge in [0.1, 0.15) is 13.0 Å². The summed E-state index contributed by atoms with van der Waals surface area (Å²) < 4.78 is 42.9. The monoisotopic (exact) mass is 356 g/mol. The van der Waals surface area contributed by atoms with Gasteiger partial charge in [-0.2, -0.15) is 13.2 Å². The minimum atomic E-state index is -4.50. The Hall–Kier alpha value is -2.09. The number of hydrogen-bond donors (Lipinski definition) is 0. The largest absolute Gasteiger partial charge is 0.397 e. The number of alkyl halides is 3. The molecule has 2 saturated heterocycles. The van der Waals surface area contributed by atoms with Crippen LogP contribution < -0.4 is 4.90 Å². The Balaban J connectivity index is 1.64. The van der Waals surface area contributed by atoms with Gasteiger partial charge in [-0.05, 0) is 25.0 Å². The Morgan fingerprint density at radius 3 is 2.40 bits per heavy atom. The van der Waals surface area contributed by atoms with Crippen molar-refractivity contribution in [2.24, 2.45) is 0 Å². The molecule has 0 radical (unpaired) electrons. The molecule has 0 saturated carbocycles. The van der Waals surface area contributed by atoms with Gasteiger partial charge in [0.2, 0.25) is 5.91 Å². The molecular weight excluding hydrogens is 337 g/mol. The molecule has 8 heteroatoms. The highest BCUT2D eigenvalue weighted by molar-refractivity contribution is 5.95. The average Bonchev–Trinajstić information content (AvgIpc) is 2.57. The number of hydrogen-bond acceptors (Lipinski definition) is 3. The zero-order chi connectivity index (χ0) is 18.1. The molecule has 25 heavy (non-hydrogen) atoms. The van der Waals surface area contributed by atoms with Crippen molar-refractivity contribution in [1.82, 2.24) is 4.90 Å². The number of amides is 2. The molecule has 0 aromatic heterocycles. The lowest BCUT2D eigenvalue weighted by Crippen LogP contribution is -2.59. The van der Waals surface area contributed by atoms with E-state index in [4.69, 9.17) is 4.74 Å². The molecule has 2 aliphatic heterocycles. The van der Waals surface area contributed by atoms with Crippen LogP contribution in [0, 0.1) is 0 Å². The van der Waals surface area contributed by atoms with Crippen LogP contribution in [0.4, 0.5) is 18.9 Å². The molecule has 1 aromatic carbocycles. The maximum absolute atomic E-state index is 12.4. The zero-order valence-electron chi connectivity index (χ0n) is 13.6. The first-order valence-corrected chi connectivity index (χ1v) is 8.12. The van der Waals surface area contributed by atoms with Gasteiger partial charge in [-0.1, -0.05) is 18.2 Å². The molecule has 0 N–H and O–H groups in total. The van der Waals surface area contributed by atoms with Crippen LogP contribution in [0.1, 0.15) is 19.3 Å². The van der Waals surface area contributed by atoms with Crippen molar-refractivity contribution in [3.05, 3.63) is 30.3 Å². The third-order valence-electron chi connectivity index (χ3n) is 4.70. The van der Waals surface area contributed by atoms with Gasteiger partial charge in [-0.15, -0.1) is 0 Å². The summed E-state index contributed by atoms with van der Waals surface area (Å²) in [6.45, 7) is 0.681. The standard InChI is InChI=1S/C17H19F3N2O3/c18-17(19,20)10-14(23)21-8-6-16(7-9-21)12-22(15(24)11-25-16)13-4-2-1-3-5-13/h1-5H,6-12H2. The van der Waals surface area contributed by atoms with E-state index in [1.807, 2.05) is 30.3 Å². The van der Waals surface area contributed by atoms with Crippen molar-refractivity contribution in [2.75, 3.05) is 31.1 Å². The zero-order valence-corrected chi connectivity index (χ0v) is 13.6. The summed E-state index contributed by atoms with van der Waals surface area (Å²) >= 11 is 0. The molecule has 1 aromatic rings. The summed E-state index contributed by atoms with van der Waals surface area (Å²) in [6.07, 6.45) is -5.11. The topological polar surface area (TPSA) is 49.9 Å². The molecule has 0 bridgehead atoms. The number of nitrogens with zero attached hydrogens (tertiary/aromatic N) is 2. The second kappa shape index (κ2) is 6.67. The van der Waals surface area contributed by atoms with Crippen LogP contribution in [-0.4, -0.2) is 54.7 Å². The first-order valence-electron chi connectivity index (χ1n) is 8.12. The van der Waals surface area contributed by atoms with E-state index in [2.05, 4.69) is 0 Å². The van der Waals surface area contributed by atoms with Crippen LogP contribution in [0.5, 0.6) is 0 Å². The second-order valence-electron chi connectivity index (χ2n) is 6.46. The smallest absolute Gasteiger partial charge is 0.363 e. The highest BCUT2D eigenvalue weighted by Crippen LogP contribution is 2.33. The van der Waals surface area contributed by atoms with Crippen LogP contribution in [0.15, 0.2) is 30.3 Å². The summed E-state index contributed by atoms with van der Waals surface area (Å²) in [7, 11) is 0. The number of halogens is 3. The number of piperidine rings is 1. The quantitative estimate of drug-likeness (QED) is 0.817. The van der Waals surface area contributed by atoms with Crippen molar-refractivity contribution < 1.29 is 27.5 Å². The molecule has 2 heterocycles. The molecule has 5 nitrogen and oxygen atoms in total. The predicted molar refractivity (Wildman–Crippen MR) is 84.0 cm³/mol. The first-order chi connectivity index (χ1) is 11.8. The number of ether oxygens (including phenoxy) is 1. The third kappa shape index (κ3) is 4.12. The lowest BCUT2D eigenvalue weighted by Gasteiger charge is -2.47. The van der Waals surface area contributed by atoms with Crippen LogP contribution in [0.3, 0.4) is 0 Å². The minimum Gasteiger partial charge on any atom is -0.363 e. The van der Waals surface area contributed by atoms with Crippen LogP contribution in [0.25, 0.3) is 0 Å². The van der Waals surface area contributed by atoms with E-state index >= 15 is 0 Å². The number of carbonyl (C=O) groups is 2. The fraction of sp³-hybridized carbons (Fsp3) is 0.529. The average molecular weight is 356 g/mol. The van der Waals surface area contributed by atoms with Crippen molar-refractivity contribution in [2.45, 2.75) is 31.0 Å². The number of carbonyl (C=O) groups excluding carboxylic acids is 2. The van der Waals surface area contributed by atoms with Gasteiger partial charge in [-0.3, -0.25) is 9.59 Å². The number of morpholine rings is 1.